The van der Waals surface area contributed by atoms with Gasteiger partial charge in [-0.05, 0) is 43.3 Å². The van der Waals surface area contributed by atoms with Crippen LogP contribution in [0.15, 0.2) is 24.5 Å². The number of hydrogen-bond acceptors (Lipinski definition) is 5. The molecule has 1 aromatic carbocycles. The Morgan fingerprint density at radius 2 is 1.92 bits per heavy atom. The summed E-state index contributed by atoms with van der Waals surface area (Å²) >= 11 is 5.54. The molecule has 2 aromatic rings. The normalized spacial score (nSPS) is 18.3. The van der Waals surface area contributed by atoms with Gasteiger partial charge in [0.2, 0.25) is 0 Å². The van der Waals surface area contributed by atoms with Gasteiger partial charge in [-0.3, -0.25) is 9.80 Å². The minimum absolute atomic E-state index is 0.353. The van der Waals surface area contributed by atoms with Gasteiger partial charge in [0.15, 0.2) is 4.77 Å². The lowest BCUT2D eigenvalue weighted by Crippen LogP contribution is -2.46. The van der Waals surface area contributed by atoms with Crippen LogP contribution in [0, 0.1) is 4.77 Å². The van der Waals surface area contributed by atoms with Crippen LogP contribution in [0.5, 0.6) is 5.75 Å². The van der Waals surface area contributed by atoms with Gasteiger partial charge in [-0.15, -0.1) is 0 Å². The molecule has 0 N–H and O–H groups in total. The molecule has 26 heavy (non-hydrogen) atoms. The van der Waals surface area contributed by atoms with Crippen LogP contribution in [0.25, 0.3) is 0 Å². The molecule has 0 unspecified atom stereocenters. The predicted molar refractivity (Wildman–Crippen MR) is 104 cm³/mol. The van der Waals surface area contributed by atoms with Gasteiger partial charge in [-0.2, -0.15) is 5.10 Å². The maximum absolute atomic E-state index is 5.60. The second-order valence-electron chi connectivity index (χ2n) is 7.49. The summed E-state index contributed by atoms with van der Waals surface area (Å²) in [5.74, 6) is 1.07. The van der Waals surface area contributed by atoms with E-state index in [1.165, 1.54) is 11.1 Å². The van der Waals surface area contributed by atoms with Crippen LogP contribution in [-0.2, 0) is 19.6 Å². The number of aromatic nitrogens is 3. The number of benzene rings is 1. The quantitative estimate of drug-likeness (QED) is 0.754. The molecule has 4 rings (SSSR count). The van der Waals surface area contributed by atoms with Crippen LogP contribution in [0.2, 0.25) is 0 Å². The summed E-state index contributed by atoms with van der Waals surface area (Å²) < 4.78 is 10.4. The first kappa shape index (κ1) is 17.7. The van der Waals surface area contributed by atoms with Crippen LogP contribution >= 0.6 is 12.2 Å². The summed E-state index contributed by atoms with van der Waals surface area (Å²) in [7, 11) is 0. The van der Waals surface area contributed by atoms with E-state index in [0.717, 1.165) is 62.9 Å². The minimum Gasteiger partial charge on any atom is -0.493 e. The second kappa shape index (κ2) is 7.50. The summed E-state index contributed by atoms with van der Waals surface area (Å²) in [6, 6.07) is 6.99. The molecule has 2 aliphatic rings. The fourth-order valence-corrected chi connectivity index (χ4v) is 4.04. The number of nitrogens with zero attached hydrogens (tertiary/aromatic N) is 5. The fourth-order valence-electron chi connectivity index (χ4n) is 3.68. The molecule has 7 heteroatoms. The molecule has 0 radical (unpaired) electrons. The number of piperazine rings is 1. The van der Waals surface area contributed by atoms with Gasteiger partial charge in [-0.25, -0.2) is 4.68 Å². The van der Waals surface area contributed by atoms with Gasteiger partial charge in [0.1, 0.15) is 12.1 Å². The Labute approximate surface area is 160 Å². The lowest BCUT2D eigenvalue weighted by molar-refractivity contribution is 0.0979. The zero-order valence-corrected chi connectivity index (χ0v) is 16.4. The summed E-state index contributed by atoms with van der Waals surface area (Å²) in [5, 5.41) is 4.46. The smallest absolute Gasteiger partial charge is 0.199 e. The summed E-state index contributed by atoms with van der Waals surface area (Å²) in [6.07, 6.45) is 2.89. The minimum atomic E-state index is 0.353. The highest BCUT2D eigenvalue weighted by Gasteiger charge is 2.19. The Balaban J connectivity index is 1.31. The highest BCUT2D eigenvalue weighted by atomic mass is 32.1. The van der Waals surface area contributed by atoms with E-state index in [1.54, 1.807) is 0 Å². The lowest BCUT2D eigenvalue weighted by atomic mass is 10.1. The molecule has 0 saturated carbocycles. The number of rotatable bonds is 5. The molecule has 1 aromatic heterocycles. The topological polar surface area (TPSA) is 38.5 Å². The zero-order valence-electron chi connectivity index (χ0n) is 15.6. The molecule has 3 heterocycles. The van der Waals surface area contributed by atoms with Crippen molar-refractivity contribution in [3.63, 3.8) is 0 Å². The first-order chi connectivity index (χ1) is 12.6. The Morgan fingerprint density at radius 3 is 2.65 bits per heavy atom. The van der Waals surface area contributed by atoms with E-state index in [2.05, 4.69) is 46.9 Å². The standard InChI is InChI=1S/C19H27N5OS/c1-15(2)23-13-20-24(19(23)26)14-22-8-6-21(7-9-22)12-16-3-4-18-17(11-16)5-10-25-18/h3-4,11,13,15H,5-10,12,14H2,1-2H3. The third kappa shape index (κ3) is 3.70. The molecule has 0 atom stereocenters. The summed E-state index contributed by atoms with van der Waals surface area (Å²) in [5.41, 5.74) is 2.75. The van der Waals surface area contributed by atoms with Crippen molar-refractivity contribution in [3.8, 4) is 5.75 Å². The maximum Gasteiger partial charge on any atom is 0.199 e. The molecule has 0 aliphatic carbocycles. The zero-order chi connectivity index (χ0) is 18.1. The Hall–Kier alpha value is -1.70. The maximum atomic E-state index is 5.60. The molecule has 1 fully saturated rings. The Kier molecular flexibility index (Phi) is 5.11. The average molecular weight is 374 g/mol. The molecule has 2 aliphatic heterocycles. The third-order valence-electron chi connectivity index (χ3n) is 5.27. The van der Waals surface area contributed by atoms with Crippen molar-refractivity contribution in [1.82, 2.24) is 24.1 Å². The molecule has 6 nitrogen and oxygen atoms in total. The molecule has 0 amide bonds. The van der Waals surface area contributed by atoms with Crippen LogP contribution in [0.1, 0.15) is 31.0 Å². The van der Waals surface area contributed by atoms with Crippen molar-refractivity contribution in [2.45, 2.75) is 39.5 Å². The first-order valence-electron chi connectivity index (χ1n) is 9.43. The van der Waals surface area contributed by atoms with E-state index in [1.807, 2.05) is 15.6 Å². The molecular formula is C19H27N5OS. The van der Waals surface area contributed by atoms with Gasteiger partial charge >= 0.3 is 0 Å². The summed E-state index contributed by atoms with van der Waals surface area (Å²) in [6.45, 7) is 11.1. The summed E-state index contributed by atoms with van der Waals surface area (Å²) in [4.78, 5) is 4.96. The largest absolute Gasteiger partial charge is 0.493 e. The van der Waals surface area contributed by atoms with Crippen molar-refractivity contribution in [2.75, 3.05) is 32.8 Å². The van der Waals surface area contributed by atoms with Gasteiger partial charge in [0, 0.05) is 45.2 Å². The van der Waals surface area contributed by atoms with Crippen molar-refractivity contribution >= 4 is 12.2 Å². The van der Waals surface area contributed by atoms with Gasteiger partial charge in [0.25, 0.3) is 0 Å². The number of ether oxygens (including phenoxy) is 1. The van der Waals surface area contributed by atoms with Gasteiger partial charge in [-0.1, -0.05) is 12.1 Å². The van der Waals surface area contributed by atoms with Crippen LogP contribution in [-0.4, -0.2) is 56.9 Å². The molecule has 0 spiro atoms. The van der Waals surface area contributed by atoms with Crippen LogP contribution in [0.3, 0.4) is 0 Å². The van der Waals surface area contributed by atoms with Crippen molar-refractivity contribution in [1.29, 1.82) is 0 Å². The van der Waals surface area contributed by atoms with E-state index in [4.69, 9.17) is 17.0 Å². The first-order valence-corrected chi connectivity index (χ1v) is 9.84. The van der Waals surface area contributed by atoms with E-state index in [9.17, 15) is 0 Å². The molecular weight excluding hydrogens is 346 g/mol. The highest BCUT2D eigenvalue weighted by molar-refractivity contribution is 7.71. The Morgan fingerprint density at radius 1 is 1.15 bits per heavy atom. The van der Waals surface area contributed by atoms with Crippen molar-refractivity contribution < 1.29 is 4.74 Å². The third-order valence-corrected chi connectivity index (χ3v) is 5.69. The molecule has 140 valence electrons. The average Bonchev–Trinajstić information content (AvgIpc) is 3.23. The predicted octanol–water partition coefficient (Wildman–Crippen LogP) is 2.71. The Bertz CT molecular complexity index is 820. The van der Waals surface area contributed by atoms with Crippen LogP contribution in [0.4, 0.5) is 0 Å². The van der Waals surface area contributed by atoms with Crippen molar-refractivity contribution in [2.24, 2.45) is 0 Å². The second-order valence-corrected chi connectivity index (χ2v) is 7.86. The van der Waals surface area contributed by atoms with E-state index >= 15 is 0 Å². The van der Waals surface area contributed by atoms with Gasteiger partial charge < -0.3 is 9.30 Å². The van der Waals surface area contributed by atoms with E-state index in [0.29, 0.717) is 6.04 Å². The van der Waals surface area contributed by atoms with E-state index in [-0.39, 0.29) is 0 Å². The number of fused-ring (bicyclic) bond motifs is 1. The van der Waals surface area contributed by atoms with E-state index < -0.39 is 0 Å². The van der Waals surface area contributed by atoms with Gasteiger partial charge in [0.05, 0.1) is 13.3 Å². The SMILES string of the molecule is CC(C)n1cnn(CN2CCN(Cc3ccc4c(c3)CCO4)CC2)c1=S. The monoisotopic (exact) mass is 373 g/mol. The highest BCUT2D eigenvalue weighted by Crippen LogP contribution is 2.26. The molecule has 1 saturated heterocycles. The van der Waals surface area contributed by atoms with Crippen molar-refractivity contribution in [3.05, 3.63) is 40.4 Å². The van der Waals surface area contributed by atoms with Crippen LogP contribution < -0.4 is 4.74 Å². The lowest BCUT2D eigenvalue weighted by Gasteiger charge is -2.34. The fraction of sp³-hybridized carbons (Fsp3) is 0.579. The number of hydrogen-bond donors (Lipinski definition) is 0. The molecule has 0 bridgehead atoms.